The van der Waals surface area contributed by atoms with Gasteiger partial charge in [0.2, 0.25) is 5.91 Å². The number of anilines is 1. The summed E-state index contributed by atoms with van der Waals surface area (Å²) in [5, 5.41) is 19.7. The predicted molar refractivity (Wildman–Crippen MR) is 152 cm³/mol. The third-order valence-electron chi connectivity index (χ3n) is 6.51. The van der Waals surface area contributed by atoms with Crippen molar-refractivity contribution in [1.29, 1.82) is 0 Å². The molecule has 4 N–H and O–H groups in total. The van der Waals surface area contributed by atoms with Crippen molar-refractivity contribution in [1.82, 2.24) is 20.1 Å². The van der Waals surface area contributed by atoms with Crippen LogP contribution in [0, 0.1) is 0 Å². The lowest BCUT2D eigenvalue weighted by atomic mass is 9.93. The molecular formula is C30H31N5O5. The highest BCUT2D eigenvalue weighted by Gasteiger charge is 2.24. The molecule has 1 aromatic heterocycles. The summed E-state index contributed by atoms with van der Waals surface area (Å²) in [7, 11) is 3.14. The Bertz CT molecular complexity index is 1530. The van der Waals surface area contributed by atoms with Gasteiger partial charge in [0.1, 0.15) is 5.69 Å². The lowest BCUT2D eigenvalue weighted by molar-refractivity contribution is -0.138. The fourth-order valence-electron chi connectivity index (χ4n) is 4.44. The van der Waals surface area contributed by atoms with Crippen molar-refractivity contribution in [2.24, 2.45) is 7.05 Å². The van der Waals surface area contributed by atoms with Gasteiger partial charge in [0, 0.05) is 33.4 Å². The highest BCUT2D eigenvalue weighted by molar-refractivity contribution is 5.98. The molecule has 0 radical (unpaired) electrons. The molecule has 0 aliphatic heterocycles. The average molecular weight is 542 g/mol. The minimum atomic E-state index is -1.06. The second-order valence-corrected chi connectivity index (χ2v) is 9.44. The van der Waals surface area contributed by atoms with Crippen LogP contribution >= 0.6 is 0 Å². The number of rotatable bonds is 10. The standard InChI is InChI=1S/C30H31N5O5/c1-34-18-22(33-30(40)32-16-20-9-4-3-5-10-20)15-26(34)28(37)35(2)19-27(36)31-17-25(29(38)39)24-14-8-12-21-11-6-7-13-23(21)24/h3-15,18,25H,16-17,19H2,1-2H3,(H,31,36)(H,38,39)(H2,32,33,40). The van der Waals surface area contributed by atoms with Crippen molar-refractivity contribution in [3.63, 3.8) is 0 Å². The highest BCUT2D eigenvalue weighted by Crippen LogP contribution is 2.25. The quantitative estimate of drug-likeness (QED) is 0.244. The zero-order valence-electron chi connectivity index (χ0n) is 22.3. The number of likely N-dealkylation sites (N-methyl/N-ethyl adjacent to an activating group) is 1. The van der Waals surface area contributed by atoms with Crippen molar-refractivity contribution in [3.05, 3.63) is 102 Å². The van der Waals surface area contributed by atoms with Crippen LogP contribution in [-0.4, -0.2) is 58.5 Å². The van der Waals surface area contributed by atoms with Crippen molar-refractivity contribution in [2.75, 3.05) is 25.5 Å². The summed E-state index contributed by atoms with van der Waals surface area (Å²) >= 11 is 0. The summed E-state index contributed by atoms with van der Waals surface area (Å²) in [6, 6.07) is 23.5. The molecule has 4 rings (SSSR count). The summed E-state index contributed by atoms with van der Waals surface area (Å²) < 4.78 is 1.56. The van der Waals surface area contributed by atoms with Crippen LogP contribution in [0.5, 0.6) is 0 Å². The van der Waals surface area contributed by atoms with Crippen LogP contribution in [0.1, 0.15) is 27.5 Å². The Morgan fingerprint density at radius 2 is 1.62 bits per heavy atom. The maximum Gasteiger partial charge on any atom is 0.319 e. The van der Waals surface area contributed by atoms with E-state index in [1.165, 1.54) is 18.0 Å². The van der Waals surface area contributed by atoms with Gasteiger partial charge in [-0.1, -0.05) is 72.8 Å². The normalized spacial score (nSPS) is 11.4. The van der Waals surface area contributed by atoms with Gasteiger partial charge in [0.05, 0.1) is 18.2 Å². The third kappa shape index (κ3) is 6.84. The van der Waals surface area contributed by atoms with Crippen molar-refractivity contribution >= 4 is 40.3 Å². The highest BCUT2D eigenvalue weighted by atomic mass is 16.4. The first-order valence-electron chi connectivity index (χ1n) is 12.7. The number of nitrogens with zero attached hydrogens (tertiary/aromatic N) is 2. The number of carboxylic acids is 1. The molecule has 1 atom stereocenters. The van der Waals surface area contributed by atoms with Gasteiger partial charge in [-0.05, 0) is 28.0 Å². The van der Waals surface area contributed by atoms with Gasteiger partial charge >= 0.3 is 12.0 Å². The van der Waals surface area contributed by atoms with E-state index in [2.05, 4.69) is 16.0 Å². The number of nitrogens with one attached hydrogen (secondary N) is 3. The topological polar surface area (TPSA) is 133 Å². The van der Waals surface area contributed by atoms with Crippen LogP contribution in [-0.2, 0) is 23.2 Å². The molecule has 1 unspecified atom stereocenters. The van der Waals surface area contributed by atoms with Crippen LogP contribution in [0.3, 0.4) is 0 Å². The molecule has 0 saturated heterocycles. The monoisotopic (exact) mass is 541 g/mol. The number of amides is 4. The molecular weight excluding hydrogens is 510 g/mol. The van der Waals surface area contributed by atoms with Crippen LogP contribution in [0.4, 0.5) is 10.5 Å². The first-order valence-corrected chi connectivity index (χ1v) is 12.7. The van der Waals surface area contributed by atoms with E-state index in [9.17, 15) is 24.3 Å². The predicted octanol–water partition coefficient (Wildman–Crippen LogP) is 3.56. The molecule has 206 valence electrons. The number of hydrogen-bond donors (Lipinski definition) is 4. The first kappa shape index (κ1) is 27.9. The molecule has 0 aliphatic carbocycles. The number of aliphatic carboxylic acids is 1. The summed E-state index contributed by atoms with van der Waals surface area (Å²) in [5.74, 6) is -2.93. The molecule has 3 aromatic carbocycles. The van der Waals surface area contributed by atoms with Crippen LogP contribution < -0.4 is 16.0 Å². The van der Waals surface area contributed by atoms with Gasteiger partial charge in [0.15, 0.2) is 0 Å². The van der Waals surface area contributed by atoms with Gasteiger partial charge < -0.3 is 30.5 Å². The second-order valence-electron chi connectivity index (χ2n) is 9.44. The third-order valence-corrected chi connectivity index (χ3v) is 6.51. The average Bonchev–Trinajstić information content (AvgIpc) is 3.31. The summed E-state index contributed by atoms with van der Waals surface area (Å²) in [4.78, 5) is 51.3. The van der Waals surface area contributed by atoms with E-state index in [0.29, 0.717) is 17.8 Å². The van der Waals surface area contributed by atoms with Gasteiger partial charge in [-0.2, -0.15) is 0 Å². The molecule has 10 heteroatoms. The SMILES string of the molecule is CN(CC(=O)NCC(C(=O)O)c1cccc2ccccc12)C(=O)c1cc(NC(=O)NCc2ccccc2)cn1C. The van der Waals surface area contributed by atoms with Crippen LogP contribution in [0.2, 0.25) is 0 Å². The number of urea groups is 1. The lowest BCUT2D eigenvalue weighted by Crippen LogP contribution is -2.41. The van der Waals surface area contributed by atoms with Gasteiger partial charge in [-0.25, -0.2) is 4.79 Å². The van der Waals surface area contributed by atoms with E-state index in [1.54, 1.807) is 29.9 Å². The number of hydrogen-bond acceptors (Lipinski definition) is 4. The molecule has 0 bridgehead atoms. The van der Waals surface area contributed by atoms with Crippen LogP contribution in [0.15, 0.2) is 85.1 Å². The molecule has 10 nitrogen and oxygen atoms in total. The fraction of sp³-hybridized carbons (Fsp3) is 0.200. The zero-order chi connectivity index (χ0) is 28.6. The van der Waals surface area contributed by atoms with Crippen molar-refractivity contribution < 1.29 is 24.3 Å². The van der Waals surface area contributed by atoms with E-state index in [0.717, 1.165) is 16.3 Å². The first-order chi connectivity index (χ1) is 19.2. The van der Waals surface area contributed by atoms with E-state index < -0.39 is 29.7 Å². The number of aromatic nitrogens is 1. The molecule has 0 aliphatic rings. The van der Waals surface area contributed by atoms with Gasteiger partial charge in [0.25, 0.3) is 5.91 Å². The number of carbonyl (C=O) groups excluding carboxylic acids is 3. The molecule has 0 saturated carbocycles. The molecule has 4 amide bonds. The number of carbonyl (C=O) groups is 4. The Balaban J connectivity index is 1.32. The molecule has 4 aromatic rings. The Morgan fingerprint density at radius 3 is 2.38 bits per heavy atom. The van der Waals surface area contributed by atoms with Gasteiger partial charge in [-0.15, -0.1) is 0 Å². The molecule has 0 spiro atoms. The fourth-order valence-corrected chi connectivity index (χ4v) is 4.44. The Labute approximate surface area is 231 Å². The number of benzene rings is 3. The zero-order valence-corrected chi connectivity index (χ0v) is 22.3. The summed E-state index contributed by atoms with van der Waals surface area (Å²) in [6.07, 6.45) is 1.60. The second kappa shape index (κ2) is 12.6. The van der Waals surface area contributed by atoms with Gasteiger partial charge in [-0.3, -0.25) is 14.4 Å². The van der Waals surface area contributed by atoms with E-state index in [-0.39, 0.29) is 18.8 Å². The van der Waals surface area contributed by atoms with Crippen molar-refractivity contribution in [3.8, 4) is 0 Å². The maximum absolute atomic E-state index is 13.0. The van der Waals surface area contributed by atoms with E-state index in [1.807, 2.05) is 60.7 Å². The summed E-state index contributed by atoms with van der Waals surface area (Å²) in [6.45, 7) is -0.0425. The Hall–Kier alpha value is -5.12. The molecule has 1 heterocycles. The number of fused-ring (bicyclic) bond motifs is 1. The largest absolute Gasteiger partial charge is 0.481 e. The summed E-state index contributed by atoms with van der Waals surface area (Å²) in [5.41, 5.74) is 2.25. The molecule has 0 fully saturated rings. The maximum atomic E-state index is 13.0. The van der Waals surface area contributed by atoms with E-state index in [4.69, 9.17) is 0 Å². The Kier molecular flexibility index (Phi) is 8.80. The Morgan fingerprint density at radius 1 is 0.925 bits per heavy atom. The minimum Gasteiger partial charge on any atom is -0.481 e. The number of aryl methyl sites for hydroxylation is 1. The van der Waals surface area contributed by atoms with Crippen LogP contribution in [0.25, 0.3) is 10.8 Å². The number of carboxylic acid groups (broad SMARTS) is 1. The smallest absolute Gasteiger partial charge is 0.319 e. The lowest BCUT2D eigenvalue weighted by Gasteiger charge is -2.19. The van der Waals surface area contributed by atoms with E-state index >= 15 is 0 Å². The molecule has 40 heavy (non-hydrogen) atoms. The minimum absolute atomic E-state index is 0.124. The van der Waals surface area contributed by atoms with Crippen molar-refractivity contribution in [2.45, 2.75) is 12.5 Å².